The number of hydrogen-bond acceptors (Lipinski definition) is 3. The average molecular weight is 409 g/mol. The van der Waals surface area contributed by atoms with Gasteiger partial charge in [-0.3, -0.25) is 14.5 Å². The number of carbonyl (C=O) groups excluding carboxylic acids is 1. The van der Waals surface area contributed by atoms with Crippen molar-refractivity contribution in [2.45, 2.75) is 84.1 Å². The second kappa shape index (κ2) is 10.2. The Balaban J connectivity index is 1.32. The fraction of sp³-hybridized carbons (Fsp3) is 0.640. The van der Waals surface area contributed by atoms with Crippen LogP contribution in [0.25, 0.3) is 11.3 Å². The highest BCUT2D eigenvalue weighted by atomic mass is 16.1. The smallest absolute Gasteiger partial charge is 0.223 e. The van der Waals surface area contributed by atoms with E-state index in [0.29, 0.717) is 6.54 Å². The molecule has 0 unspecified atom stereocenters. The zero-order valence-electron chi connectivity index (χ0n) is 18.4. The van der Waals surface area contributed by atoms with Crippen molar-refractivity contribution in [2.24, 2.45) is 11.8 Å². The van der Waals surface area contributed by atoms with Gasteiger partial charge in [0.15, 0.2) is 0 Å². The fourth-order valence-electron chi connectivity index (χ4n) is 5.23. The summed E-state index contributed by atoms with van der Waals surface area (Å²) >= 11 is 0. The Bertz CT molecular complexity index is 821. The number of fused-ring (bicyclic) bond motifs is 1. The summed E-state index contributed by atoms with van der Waals surface area (Å²) in [4.78, 5) is 16.8. The second-order valence-electron chi connectivity index (χ2n) is 9.09. The molecule has 2 aliphatic carbocycles. The molecule has 0 spiro atoms. The maximum atomic E-state index is 12.7. The maximum absolute atomic E-state index is 12.7. The predicted molar refractivity (Wildman–Crippen MR) is 120 cm³/mol. The van der Waals surface area contributed by atoms with Crippen LogP contribution in [0.4, 0.5) is 0 Å². The molecule has 2 aromatic rings. The number of nitrogens with zero attached hydrogens (tertiary/aromatic N) is 3. The Hall–Kier alpha value is -2.17. The van der Waals surface area contributed by atoms with Gasteiger partial charge < -0.3 is 5.32 Å². The van der Waals surface area contributed by atoms with Crippen molar-refractivity contribution in [3.05, 3.63) is 35.8 Å². The predicted octanol–water partition coefficient (Wildman–Crippen LogP) is 4.94. The van der Waals surface area contributed by atoms with Crippen LogP contribution in [-0.2, 0) is 24.2 Å². The Labute approximate surface area is 180 Å². The van der Waals surface area contributed by atoms with Gasteiger partial charge in [-0.1, -0.05) is 26.2 Å². The van der Waals surface area contributed by atoms with Gasteiger partial charge in [-0.15, -0.1) is 0 Å². The summed E-state index contributed by atoms with van der Waals surface area (Å²) in [6.07, 6.45) is 16.8. The molecule has 0 saturated heterocycles. The van der Waals surface area contributed by atoms with Crippen molar-refractivity contribution in [2.75, 3.05) is 6.54 Å². The summed E-state index contributed by atoms with van der Waals surface area (Å²) < 4.78 is 2.15. The van der Waals surface area contributed by atoms with E-state index < -0.39 is 0 Å². The molecular formula is C25H36N4O. The van der Waals surface area contributed by atoms with Crippen LogP contribution in [0.3, 0.4) is 0 Å². The number of carbonyl (C=O) groups is 1. The van der Waals surface area contributed by atoms with Crippen molar-refractivity contribution in [3.63, 3.8) is 0 Å². The third-order valence-corrected chi connectivity index (χ3v) is 7.02. The van der Waals surface area contributed by atoms with E-state index in [2.05, 4.69) is 21.9 Å². The van der Waals surface area contributed by atoms with Crippen LogP contribution in [0.1, 0.15) is 76.0 Å². The highest BCUT2D eigenvalue weighted by molar-refractivity contribution is 5.78. The van der Waals surface area contributed by atoms with E-state index in [9.17, 15) is 4.79 Å². The topological polar surface area (TPSA) is 59.8 Å². The van der Waals surface area contributed by atoms with Crippen molar-refractivity contribution >= 4 is 5.91 Å². The summed E-state index contributed by atoms with van der Waals surface area (Å²) in [5.41, 5.74) is 5.00. The van der Waals surface area contributed by atoms with Crippen molar-refractivity contribution in [1.29, 1.82) is 0 Å². The summed E-state index contributed by atoms with van der Waals surface area (Å²) in [5.74, 6) is 1.30. The lowest BCUT2D eigenvalue weighted by Crippen LogP contribution is -2.35. The van der Waals surface area contributed by atoms with Gasteiger partial charge in [0.05, 0.1) is 12.2 Å². The molecule has 162 valence electrons. The zero-order valence-corrected chi connectivity index (χ0v) is 18.4. The SMILES string of the molecule is CCCCC1CCC(C(=O)NCCn2nc(-c3ccncc3)c3c2CCCC3)CC1. The molecular weight excluding hydrogens is 372 g/mol. The molecule has 2 aliphatic rings. The Kier molecular flexibility index (Phi) is 7.19. The van der Waals surface area contributed by atoms with Gasteiger partial charge in [0.1, 0.15) is 0 Å². The van der Waals surface area contributed by atoms with Crippen LogP contribution < -0.4 is 5.32 Å². The number of unbranched alkanes of at least 4 members (excludes halogenated alkanes) is 1. The number of rotatable bonds is 8. The van der Waals surface area contributed by atoms with Crippen LogP contribution in [-0.4, -0.2) is 27.2 Å². The molecule has 2 aromatic heterocycles. The molecule has 5 nitrogen and oxygen atoms in total. The first-order valence-electron chi connectivity index (χ1n) is 12.0. The lowest BCUT2D eigenvalue weighted by molar-refractivity contribution is -0.126. The molecule has 0 aromatic carbocycles. The normalized spacial score (nSPS) is 21.2. The van der Waals surface area contributed by atoms with Crippen LogP contribution in [0.5, 0.6) is 0 Å². The van der Waals surface area contributed by atoms with E-state index in [0.717, 1.165) is 49.4 Å². The quantitative estimate of drug-likeness (QED) is 0.673. The number of hydrogen-bond donors (Lipinski definition) is 1. The molecule has 0 atom stereocenters. The first-order valence-corrected chi connectivity index (χ1v) is 12.0. The second-order valence-corrected chi connectivity index (χ2v) is 9.09. The fourth-order valence-corrected chi connectivity index (χ4v) is 5.23. The molecule has 2 heterocycles. The molecule has 0 bridgehead atoms. The third-order valence-electron chi connectivity index (χ3n) is 7.02. The molecule has 1 N–H and O–H groups in total. The van der Waals surface area contributed by atoms with Gasteiger partial charge in [-0.25, -0.2) is 0 Å². The Morgan fingerprint density at radius 2 is 1.90 bits per heavy atom. The summed E-state index contributed by atoms with van der Waals surface area (Å²) in [6, 6.07) is 4.08. The molecule has 0 aliphatic heterocycles. The van der Waals surface area contributed by atoms with E-state index in [-0.39, 0.29) is 11.8 Å². The van der Waals surface area contributed by atoms with E-state index in [1.807, 2.05) is 24.5 Å². The van der Waals surface area contributed by atoms with Gasteiger partial charge >= 0.3 is 0 Å². The van der Waals surface area contributed by atoms with Crippen LogP contribution in [0, 0.1) is 11.8 Å². The Morgan fingerprint density at radius 3 is 2.67 bits per heavy atom. The zero-order chi connectivity index (χ0) is 20.8. The van der Waals surface area contributed by atoms with Crippen LogP contribution in [0.15, 0.2) is 24.5 Å². The molecule has 1 amide bonds. The first-order chi connectivity index (χ1) is 14.8. The molecule has 0 radical (unpaired) electrons. The number of nitrogens with one attached hydrogen (secondary N) is 1. The minimum atomic E-state index is 0.210. The van der Waals surface area contributed by atoms with Crippen LogP contribution >= 0.6 is 0 Å². The van der Waals surface area contributed by atoms with Gasteiger partial charge in [0.2, 0.25) is 5.91 Å². The standard InChI is InChI=1S/C25H36N4O/c1-2-3-6-19-9-11-21(12-10-19)25(30)27-17-18-29-23-8-5-4-7-22(23)24(28-29)20-13-15-26-16-14-20/h13-16,19,21H,2-12,17-18H2,1H3,(H,27,30). The van der Waals surface area contributed by atoms with Crippen LogP contribution in [0.2, 0.25) is 0 Å². The number of pyridine rings is 1. The van der Waals surface area contributed by atoms with Crippen molar-refractivity contribution in [1.82, 2.24) is 20.1 Å². The van der Waals surface area contributed by atoms with E-state index >= 15 is 0 Å². The van der Waals surface area contributed by atoms with Gasteiger partial charge in [-0.2, -0.15) is 5.10 Å². The first kappa shape index (κ1) is 21.1. The molecule has 4 rings (SSSR count). The summed E-state index contributed by atoms with van der Waals surface area (Å²) in [5, 5.41) is 8.15. The van der Waals surface area contributed by atoms with Gasteiger partial charge in [0, 0.05) is 41.7 Å². The number of amides is 1. The van der Waals surface area contributed by atoms with E-state index in [1.54, 1.807) is 0 Å². The van der Waals surface area contributed by atoms with Crippen molar-refractivity contribution in [3.8, 4) is 11.3 Å². The van der Waals surface area contributed by atoms with Gasteiger partial charge in [-0.05, 0) is 69.4 Å². The lowest BCUT2D eigenvalue weighted by atomic mass is 9.79. The maximum Gasteiger partial charge on any atom is 0.223 e. The molecule has 1 fully saturated rings. The summed E-state index contributed by atoms with van der Waals surface area (Å²) in [6.45, 7) is 3.68. The Morgan fingerprint density at radius 1 is 1.13 bits per heavy atom. The van der Waals surface area contributed by atoms with Gasteiger partial charge in [0.25, 0.3) is 0 Å². The molecule has 5 heteroatoms. The van der Waals surface area contributed by atoms with E-state index in [1.165, 1.54) is 56.2 Å². The highest BCUT2D eigenvalue weighted by Gasteiger charge is 2.26. The lowest BCUT2D eigenvalue weighted by Gasteiger charge is -2.27. The monoisotopic (exact) mass is 408 g/mol. The average Bonchev–Trinajstić information content (AvgIpc) is 3.17. The largest absolute Gasteiger partial charge is 0.354 e. The minimum Gasteiger partial charge on any atom is -0.354 e. The van der Waals surface area contributed by atoms with Crippen molar-refractivity contribution < 1.29 is 4.79 Å². The highest BCUT2D eigenvalue weighted by Crippen LogP contribution is 2.32. The summed E-state index contributed by atoms with van der Waals surface area (Å²) in [7, 11) is 0. The molecule has 1 saturated carbocycles. The van der Waals surface area contributed by atoms with E-state index in [4.69, 9.17) is 5.10 Å². The third kappa shape index (κ3) is 4.93. The minimum absolute atomic E-state index is 0.210. The number of aromatic nitrogens is 3. The molecule has 30 heavy (non-hydrogen) atoms.